The lowest BCUT2D eigenvalue weighted by Crippen LogP contribution is -2.47. The maximum absolute atomic E-state index is 13.3. The summed E-state index contributed by atoms with van der Waals surface area (Å²) in [6.45, 7) is 8.36. The summed E-state index contributed by atoms with van der Waals surface area (Å²) in [5, 5.41) is 1.40. The molecule has 5 rings (SSSR count). The molecule has 5 heteroatoms. The van der Waals surface area contributed by atoms with Gasteiger partial charge in [-0.3, -0.25) is 14.6 Å². The topological polar surface area (TPSA) is 39.3 Å². The maximum Gasteiger partial charge on any atom is 0.194 e. The van der Waals surface area contributed by atoms with Gasteiger partial charge in [0.2, 0.25) is 0 Å². The van der Waals surface area contributed by atoms with Crippen molar-refractivity contribution in [2.45, 2.75) is 26.4 Å². The average molecular weight is 472 g/mol. The first-order chi connectivity index (χ1) is 16.5. The van der Waals surface area contributed by atoms with E-state index in [4.69, 9.17) is 11.6 Å². The van der Waals surface area contributed by atoms with E-state index in [9.17, 15) is 4.79 Å². The summed E-state index contributed by atoms with van der Waals surface area (Å²) < 4.78 is 0. The van der Waals surface area contributed by atoms with Gasteiger partial charge in [-0.15, -0.1) is 0 Å². The van der Waals surface area contributed by atoms with Crippen molar-refractivity contribution in [2.24, 2.45) is 0 Å². The Morgan fingerprint density at radius 1 is 0.853 bits per heavy atom. The second-order valence-corrected chi connectivity index (χ2v) is 9.60. The number of hydrogen-bond acceptors (Lipinski definition) is 3. The molecule has 1 aliphatic heterocycles. The summed E-state index contributed by atoms with van der Waals surface area (Å²) >= 11 is 6.28. The molecule has 1 fully saturated rings. The molecular formula is C29H30ClN3O. The number of aromatic nitrogens is 1. The first kappa shape index (κ1) is 22.9. The van der Waals surface area contributed by atoms with Gasteiger partial charge in [-0.25, -0.2) is 0 Å². The van der Waals surface area contributed by atoms with Crippen LogP contribution in [0.1, 0.15) is 34.0 Å². The molecule has 1 aromatic heterocycles. The molecule has 174 valence electrons. The number of benzene rings is 3. The van der Waals surface area contributed by atoms with Crippen molar-refractivity contribution >= 4 is 22.5 Å². The highest BCUT2D eigenvalue weighted by molar-refractivity contribution is 6.32. The molecule has 0 saturated carbocycles. The molecule has 0 aliphatic carbocycles. The fourth-order valence-electron chi connectivity index (χ4n) is 5.11. The zero-order valence-corrected chi connectivity index (χ0v) is 20.5. The molecule has 0 unspecified atom stereocenters. The van der Waals surface area contributed by atoms with E-state index >= 15 is 0 Å². The largest absolute Gasteiger partial charge is 0.358 e. The molecule has 0 bridgehead atoms. The Balaban J connectivity index is 1.36. The molecule has 4 nitrogen and oxygen atoms in total. The third-order valence-corrected chi connectivity index (χ3v) is 7.48. The van der Waals surface area contributed by atoms with Gasteiger partial charge in [0.25, 0.3) is 0 Å². The monoisotopic (exact) mass is 471 g/mol. The van der Waals surface area contributed by atoms with Crippen LogP contribution in [0.5, 0.6) is 0 Å². The highest BCUT2D eigenvalue weighted by Crippen LogP contribution is 2.30. The molecule has 0 spiro atoms. The lowest BCUT2D eigenvalue weighted by molar-refractivity contribution is 0.104. The van der Waals surface area contributed by atoms with E-state index in [2.05, 4.69) is 75.4 Å². The quantitative estimate of drug-likeness (QED) is 0.405. The van der Waals surface area contributed by atoms with E-state index in [0.717, 1.165) is 48.5 Å². The molecule has 1 N–H and O–H groups in total. The molecule has 1 saturated heterocycles. The zero-order valence-electron chi connectivity index (χ0n) is 19.7. The molecular weight excluding hydrogens is 442 g/mol. The van der Waals surface area contributed by atoms with Gasteiger partial charge in [0, 0.05) is 54.4 Å². The van der Waals surface area contributed by atoms with Gasteiger partial charge in [0.1, 0.15) is 0 Å². The summed E-state index contributed by atoms with van der Waals surface area (Å²) in [5.41, 5.74) is 6.29. The fourth-order valence-corrected chi connectivity index (χ4v) is 5.27. The van der Waals surface area contributed by atoms with Gasteiger partial charge in [0.15, 0.2) is 5.43 Å². The minimum Gasteiger partial charge on any atom is -0.358 e. The summed E-state index contributed by atoms with van der Waals surface area (Å²) in [6, 6.07) is 25.4. The van der Waals surface area contributed by atoms with Crippen molar-refractivity contribution in [1.29, 1.82) is 0 Å². The Morgan fingerprint density at radius 3 is 2.03 bits per heavy atom. The van der Waals surface area contributed by atoms with Gasteiger partial charge in [-0.1, -0.05) is 72.3 Å². The van der Waals surface area contributed by atoms with Gasteiger partial charge in [-0.05, 0) is 42.7 Å². The van der Waals surface area contributed by atoms with Crippen LogP contribution < -0.4 is 5.43 Å². The van der Waals surface area contributed by atoms with Crippen molar-refractivity contribution in [3.8, 4) is 0 Å². The summed E-state index contributed by atoms with van der Waals surface area (Å²) in [7, 11) is 0. The standard InChI is InChI=1S/C29H30ClN3O/c1-20-26(30)14-13-24-27(20)31-21(2)25(29(24)34)19-32-15-17-33(18-16-32)28(22-9-5-3-6-10-22)23-11-7-4-8-12-23/h3-14,28H,15-19H2,1-2H3,(H,31,34). The molecule has 2 heterocycles. The normalized spacial score (nSPS) is 15.3. The molecule has 34 heavy (non-hydrogen) atoms. The lowest BCUT2D eigenvalue weighted by atomic mass is 9.96. The molecule has 0 amide bonds. The van der Waals surface area contributed by atoms with Crippen LogP contribution in [0.2, 0.25) is 5.02 Å². The second-order valence-electron chi connectivity index (χ2n) is 9.19. The number of nitrogens with one attached hydrogen (secondary N) is 1. The summed E-state index contributed by atoms with van der Waals surface area (Å²) in [5.74, 6) is 0. The van der Waals surface area contributed by atoms with Crippen molar-refractivity contribution in [3.05, 3.63) is 116 Å². The number of hydrogen-bond donors (Lipinski definition) is 1. The van der Waals surface area contributed by atoms with Crippen LogP contribution >= 0.6 is 11.6 Å². The van der Waals surface area contributed by atoms with E-state index in [1.165, 1.54) is 11.1 Å². The number of fused-ring (bicyclic) bond motifs is 1. The molecule has 4 aromatic rings. The van der Waals surface area contributed by atoms with Gasteiger partial charge in [-0.2, -0.15) is 0 Å². The minimum atomic E-state index is 0.111. The highest BCUT2D eigenvalue weighted by atomic mass is 35.5. The number of aryl methyl sites for hydroxylation is 2. The first-order valence-electron chi connectivity index (χ1n) is 11.9. The number of pyridine rings is 1. The van der Waals surface area contributed by atoms with E-state index in [-0.39, 0.29) is 11.5 Å². The Morgan fingerprint density at radius 2 is 1.44 bits per heavy atom. The van der Waals surface area contributed by atoms with Crippen LogP contribution in [-0.2, 0) is 6.54 Å². The Labute approximate surface area is 205 Å². The number of nitrogens with zero attached hydrogens (tertiary/aromatic N) is 2. The van der Waals surface area contributed by atoms with Crippen LogP contribution in [-0.4, -0.2) is 41.0 Å². The Hall–Kier alpha value is -2.92. The maximum atomic E-state index is 13.3. The van der Waals surface area contributed by atoms with Crippen molar-refractivity contribution in [1.82, 2.24) is 14.8 Å². The van der Waals surface area contributed by atoms with Crippen molar-refractivity contribution in [2.75, 3.05) is 26.2 Å². The number of piperazine rings is 1. The summed E-state index contributed by atoms with van der Waals surface area (Å²) in [6.07, 6.45) is 0. The minimum absolute atomic E-state index is 0.111. The third-order valence-electron chi connectivity index (χ3n) is 7.07. The SMILES string of the molecule is Cc1[nH]c2c(C)c(Cl)ccc2c(=O)c1CN1CCN(C(c2ccccc2)c2ccccc2)CC1. The van der Waals surface area contributed by atoms with Crippen LogP contribution in [0.15, 0.2) is 77.6 Å². The van der Waals surface area contributed by atoms with E-state index in [1.807, 2.05) is 26.0 Å². The van der Waals surface area contributed by atoms with Crippen LogP contribution in [0.3, 0.4) is 0 Å². The first-order valence-corrected chi connectivity index (χ1v) is 12.3. The molecule has 0 atom stereocenters. The van der Waals surface area contributed by atoms with E-state index in [1.54, 1.807) is 0 Å². The predicted molar refractivity (Wildman–Crippen MR) is 141 cm³/mol. The number of halogens is 1. The van der Waals surface area contributed by atoms with Gasteiger partial charge in [0.05, 0.1) is 11.6 Å². The smallest absolute Gasteiger partial charge is 0.194 e. The van der Waals surface area contributed by atoms with Gasteiger partial charge < -0.3 is 4.98 Å². The number of H-pyrrole nitrogens is 1. The Kier molecular flexibility index (Phi) is 6.55. The number of aromatic amines is 1. The third kappa shape index (κ3) is 4.41. The zero-order chi connectivity index (χ0) is 23.7. The van der Waals surface area contributed by atoms with E-state index in [0.29, 0.717) is 17.0 Å². The fraction of sp³-hybridized carbons (Fsp3) is 0.276. The molecule has 0 radical (unpaired) electrons. The second kappa shape index (κ2) is 9.75. The summed E-state index contributed by atoms with van der Waals surface area (Å²) in [4.78, 5) is 21.7. The number of rotatable bonds is 5. The van der Waals surface area contributed by atoms with Gasteiger partial charge >= 0.3 is 0 Å². The van der Waals surface area contributed by atoms with Crippen LogP contribution in [0.4, 0.5) is 0 Å². The highest BCUT2D eigenvalue weighted by Gasteiger charge is 2.27. The van der Waals surface area contributed by atoms with Crippen molar-refractivity contribution < 1.29 is 0 Å². The lowest BCUT2D eigenvalue weighted by Gasteiger charge is -2.40. The Bertz CT molecular complexity index is 1300. The molecule has 1 aliphatic rings. The van der Waals surface area contributed by atoms with Crippen LogP contribution in [0.25, 0.3) is 10.9 Å². The van der Waals surface area contributed by atoms with E-state index < -0.39 is 0 Å². The van der Waals surface area contributed by atoms with Crippen LogP contribution in [0, 0.1) is 13.8 Å². The van der Waals surface area contributed by atoms with Crippen molar-refractivity contribution in [3.63, 3.8) is 0 Å². The molecule has 3 aromatic carbocycles. The average Bonchev–Trinajstić information content (AvgIpc) is 2.87. The predicted octanol–water partition coefficient (Wildman–Crippen LogP) is 5.71.